The topological polar surface area (TPSA) is 42.3 Å². The molecule has 1 N–H and O–H groups in total. The summed E-state index contributed by atoms with van der Waals surface area (Å²) >= 11 is 1.68. The number of rotatable bonds is 4. The summed E-state index contributed by atoms with van der Waals surface area (Å²) in [4.78, 5) is 2.43. The zero-order valence-corrected chi connectivity index (χ0v) is 15.3. The van der Waals surface area contributed by atoms with Crippen molar-refractivity contribution in [1.29, 1.82) is 0 Å². The molecular formula is C19H22N4OS. The van der Waals surface area contributed by atoms with Crippen molar-refractivity contribution < 1.29 is 4.74 Å². The SMILES string of the molecule is COc1ccc(-n2nc(SC)c3ccc(N4CCNCC4)cc32)cc1. The molecule has 0 unspecified atom stereocenters. The first-order valence-electron chi connectivity index (χ1n) is 8.47. The molecule has 4 rings (SSSR count). The molecule has 6 heteroatoms. The van der Waals surface area contributed by atoms with Crippen LogP contribution in [0.25, 0.3) is 16.6 Å². The van der Waals surface area contributed by atoms with Crippen molar-refractivity contribution in [3.05, 3.63) is 42.5 Å². The summed E-state index contributed by atoms with van der Waals surface area (Å²) in [5.74, 6) is 0.854. The maximum atomic E-state index is 5.27. The molecule has 130 valence electrons. The molecule has 1 saturated heterocycles. The van der Waals surface area contributed by atoms with Gasteiger partial charge in [-0.05, 0) is 48.7 Å². The van der Waals surface area contributed by atoms with Crippen molar-refractivity contribution in [3.63, 3.8) is 0 Å². The first-order chi connectivity index (χ1) is 12.3. The zero-order valence-electron chi connectivity index (χ0n) is 14.5. The van der Waals surface area contributed by atoms with Crippen molar-refractivity contribution >= 4 is 28.4 Å². The number of anilines is 1. The quantitative estimate of drug-likeness (QED) is 0.729. The van der Waals surface area contributed by atoms with Gasteiger partial charge in [-0.2, -0.15) is 5.10 Å². The van der Waals surface area contributed by atoms with Gasteiger partial charge in [0, 0.05) is 37.3 Å². The second-order valence-corrected chi connectivity index (χ2v) is 6.85. The Morgan fingerprint density at radius 1 is 1.04 bits per heavy atom. The molecule has 0 saturated carbocycles. The predicted molar refractivity (Wildman–Crippen MR) is 104 cm³/mol. The molecule has 2 aromatic carbocycles. The third-order valence-corrected chi connectivity index (χ3v) is 5.31. The number of benzene rings is 2. The largest absolute Gasteiger partial charge is 0.497 e. The lowest BCUT2D eigenvalue weighted by Crippen LogP contribution is -2.43. The molecular weight excluding hydrogens is 332 g/mol. The Bertz CT molecular complexity index is 869. The van der Waals surface area contributed by atoms with Crippen LogP contribution in [-0.4, -0.2) is 49.3 Å². The van der Waals surface area contributed by atoms with Crippen molar-refractivity contribution in [2.75, 3.05) is 44.4 Å². The second kappa shape index (κ2) is 6.98. The van der Waals surface area contributed by atoms with E-state index in [9.17, 15) is 0 Å². The number of nitrogens with one attached hydrogen (secondary N) is 1. The highest BCUT2D eigenvalue weighted by atomic mass is 32.2. The minimum absolute atomic E-state index is 0.854. The van der Waals surface area contributed by atoms with Gasteiger partial charge in [-0.1, -0.05) is 0 Å². The Hall–Kier alpha value is -2.18. The van der Waals surface area contributed by atoms with E-state index in [4.69, 9.17) is 9.84 Å². The average molecular weight is 354 g/mol. The number of methoxy groups -OCH3 is 1. The summed E-state index contributed by atoms with van der Waals surface area (Å²) in [6, 6.07) is 14.7. The number of piperazine rings is 1. The van der Waals surface area contributed by atoms with Gasteiger partial charge in [0.25, 0.3) is 0 Å². The first kappa shape index (κ1) is 16.3. The van der Waals surface area contributed by atoms with E-state index in [0.29, 0.717) is 0 Å². The smallest absolute Gasteiger partial charge is 0.126 e. The van der Waals surface area contributed by atoms with Gasteiger partial charge in [0.2, 0.25) is 0 Å². The molecule has 1 aliphatic heterocycles. The minimum atomic E-state index is 0.854. The Labute approximate surface area is 152 Å². The van der Waals surface area contributed by atoms with Gasteiger partial charge < -0.3 is 15.0 Å². The maximum Gasteiger partial charge on any atom is 0.126 e. The van der Waals surface area contributed by atoms with E-state index < -0.39 is 0 Å². The fraction of sp³-hybridized carbons (Fsp3) is 0.316. The molecule has 0 atom stereocenters. The fourth-order valence-corrected chi connectivity index (χ4v) is 3.82. The standard InChI is InChI=1S/C19H22N4OS/c1-24-16-6-3-14(4-7-16)23-18-13-15(22-11-9-20-10-12-22)5-8-17(18)19(21-23)25-2/h3-8,13,20H,9-12H2,1-2H3. The predicted octanol–water partition coefficient (Wildman–Crippen LogP) is 3.17. The van der Waals surface area contributed by atoms with Gasteiger partial charge in [0.05, 0.1) is 18.3 Å². The molecule has 1 aromatic heterocycles. The fourth-order valence-electron chi connectivity index (χ4n) is 3.27. The molecule has 5 nitrogen and oxygen atoms in total. The monoisotopic (exact) mass is 354 g/mol. The molecule has 0 aliphatic carbocycles. The molecule has 0 amide bonds. The zero-order chi connectivity index (χ0) is 17.2. The summed E-state index contributed by atoms with van der Waals surface area (Å²) in [6.07, 6.45) is 2.07. The van der Waals surface area contributed by atoms with E-state index in [-0.39, 0.29) is 0 Å². The van der Waals surface area contributed by atoms with Crippen molar-refractivity contribution in [2.24, 2.45) is 0 Å². The number of nitrogens with zero attached hydrogens (tertiary/aromatic N) is 3. The van der Waals surface area contributed by atoms with Crippen LogP contribution in [0.5, 0.6) is 5.75 Å². The first-order valence-corrected chi connectivity index (χ1v) is 9.69. The number of aromatic nitrogens is 2. The third kappa shape index (κ3) is 3.07. The van der Waals surface area contributed by atoms with E-state index in [0.717, 1.165) is 48.2 Å². The van der Waals surface area contributed by atoms with Crippen LogP contribution < -0.4 is 15.0 Å². The van der Waals surface area contributed by atoms with Crippen LogP contribution in [0.15, 0.2) is 47.5 Å². The highest BCUT2D eigenvalue weighted by Crippen LogP contribution is 2.31. The lowest BCUT2D eigenvalue weighted by atomic mass is 10.2. The Kier molecular flexibility index (Phi) is 4.55. The number of ether oxygens (including phenoxy) is 1. The Balaban J connectivity index is 1.81. The van der Waals surface area contributed by atoms with Gasteiger partial charge in [-0.3, -0.25) is 0 Å². The molecule has 1 aliphatic rings. The number of thioether (sulfide) groups is 1. The summed E-state index contributed by atoms with van der Waals surface area (Å²) in [5, 5.41) is 10.5. The van der Waals surface area contributed by atoms with E-state index in [1.165, 1.54) is 11.1 Å². The Morgan fingerprint density at radius 3 is 2.44 bits per heavy atom. The number of fused-ring (bicyclic) bond motifs is 1. The van der Waals surface area contributed by atoms with Gasteiger partial charge in [0.15, 0.2) is 0 Å². The minimum Gasteiger partial charge on any atom is -0.497 e. The summed E-state index contributed by atoms with van der Waals surface area (Å²) in [6.45, 7) is 4.15. The molecule has 1 fully saturated rings. The molecule has 0 bridgehead atoms. The van der Waals surface area contributed by atoms with Crippen molar-refractivity contribution in [2.45, 2.75) is 5.03 Å². The lowest BCUT2D eigenvalue weighted by molar-refractivity contribution is 0.414. The lowest BCUT2D eigenvalue weighted by Gasteiger charge is -2.29. The van der Waals surface area contributed by atoms with Crippen LogP contribution >= 0.6 is 11.8 Å². The molecule has 3 aromatic rings. The van der Waals surface area contributed by atoms with Crippen molar-refractivity contribution in [3.8, 4) is 11.4 Å². The van der Waals surface area contributed by atoms with Gasteiger partial charge >= 0.3 is 0 Å². The number of hydrogen-bond acceptors (Lipinski definition) is 5. The van der Waals surface area contributed by atoms with Crippen LogP contribution in [0, 0.1) is 0 Å². The average Bonchev–Trinajstić information content (AvgIpc) is 3.06. The van der Waals surface area contributed by atoms with E-state index in [1.807, 2.05) is 28.9 Å². The van der Waals surface area contributed by atoms with E-state index in [1.54, 1.807) is 18.9 Å². The highest BCUT2D eigenvalue weighted by molar-refractivity contribution is 7.98. The maximum absolute atomic E-state index is 5.27. The molecule has 2 heterocycles. The molecule has 25 heavy (non-hydrogen) atoms. The normalized spacial score (nSPS) is 14.9. The second-order valence-electron chi connectivity index (χ2n) is 6.06. The van der Waals surface area contributed by atoms with Crippen LogP contribution in [0.1, 0.15) is 0 Å². The highest BCUT2D eigenvalue weighted by Gasteiger charge is 2.15. The van der Waals surface area contributed by atoms with Gasteiger partial charge in [-0.25, -0.2) is 4.68 Å². The summed E-state index contributed by atoms with van der Waals surface area (Å²) < 4.78 is 7.31. The molecule has 0 radical (unpaired) electrons. The van der Waals surface area contributed by atoms with E-state index in [2.05, 4.69) is 34.7 Å². The van der Waals surface area contributed by atoms with Crippen LogP contribution in [-0.2, 0) is 0 Å². The van der Waals surface area contributed by atoms with Gasteiger partial charge in [-0.15, -0.1) is 11.8 Å². The van der Waals surface area contributed by atoms with E-state index >= 15 is 0 Å². The van der Waals surface area contributed by atoms with Crippen LogP contribution in [0.2, 0.25) is 0 Å². The third-order valence-electron chi connectivity index (χ3n) is 4.62. The summed E-state index contributed by atoms with van der Waals surface area (Å²) in [5.41, 5.74) is 3.45. The van der Waals surface area contributed by atoms with Crippen LogP contribution in [0.4, 0.5) is 5.69 Å². The van der Waals surface area contributed by atoms with Crippen molar-refractivity contribution in [1.82, 2.24) is 15.1 Å². The number of hydrogen-bond donors (Lipinski definition) is 1. The molecule has 0 spiro atoms. The summed E-state index contributed by atoms with van der Waals surface area (Å²) in [7, 11) is 1.68. The van der Waals surface area contributed by atoms with Gasteiger partial charge in [0.1, 0.15) is 10.8 Å². The van der Waals surface area contributed by atoms with Crippen LogP contribution in [0.3, 0.4) is 0 Å². The Morgan fingerprint density at radius 2 is 1.76 bits per heavy atom.